The van der Waals surface area contributed by atoms with Crippen molar-refractivity contribution in [1.29, 1.82) is 0 Å². The molecule has 2 amide bonds. The van der Waals surface area contributed by atoms with E-state index in [-0.39, 0.29) is 17.2 Å². The van der Waals surface area contributed by atoms with Crippen molar-refractivity contribution in [2.75, 3.05) is 0 Å². The molecule has 2 heterocycles. The summed E-state index contributed by atoms with van der Waals surface area (Å²) >= 11 is 1.43. The van der Waals surface area contributed by atoms with Gasteiger partial charge in [-0.15, -0.1) is 0 Å². The van der Waals surface area contributed by atoms with Crippen LogP contribution in [0.3, 0.4) is 0 Å². The molecule has 0 aromatic rings. The van der Waals surface area contributed by atoms with Crippen LogP contribution < -0.4 is 0 Å². The molecule has 5 nitrogen and oxygen atoms in total. The van der Waals surface area contributed by atoms with Crippen LogP contribution in [0.15, 0.2) is 0 Å². The number of carbonyl (C=O) groups is 3. The summed E-state index contributed by atoms with van der Waals surface area (Å²) in [6.45, 7) is 4.87. The molecule has 0 spiro atoms. The number of carboxylic acids is 1. The molecular formula is C10H14NO4S+. The first kappa shape index (κ1) is 11.6. The van der Waals surface area contributed by atoms with Gasteiger partial charge in [-0.1, -0.05) is 11.8 Å². The molecular weight excluding hydrogens is 230 g/mol. The minimum absolute atomic E-state index is 0.207. The van der Waals surface area contributed by atoms with E-state index in [2.05, 4.69) is 0 Å². The molecule has 0 aromatic carbocycles. The number of carboxylic acid groups (broad SMARTS) is 1. The zero-order chi connectivity index (χ0) is 12.3. The van der Waals surface area contributed by atoms with E-state index in [1.165, 1.54) is 18.7 Å². The van der Waals surface area contributed by atoms with Gasteiger partial charge in [-0.05, 0) is 13.8 Å². The van der Waals surface area contributed by atoms with Crippen molar-refractivity contribution in [3.63, 3.8) is 0 Å². The van der Waals surface area contributed by atoms with Gasteiger partial charge in [-0.2, -0.15) is 4.48 Å². The van der Waals surface area contributed by atoms with Crippen LogP contribution in [0.5, 0.6) is 0 Å². The fourth-order valence-electron chi connectivity index (χ4n) is 2.86. The second-order valence-electron chi connectivity index (χ2n) is 4.81. The highest BCUT2D eigenvalue weighted by atomic mass is 32.2. The van der Waals surface area contributed by atoms with Crippen molar-refractivity contribution >= 4 is 29.5 Å². The maximum absolute atomic E-state index is 11.8. The zero-order valence-corrected chi connectivity index (χ0v) is 10.2. The number of hydrogen-bond donors (Lipinski definition) is 1. The number of thioether (sulfide) groups is 1. The average Bonchev–Trinajstić information content (AvgIpc) is 2.29. The van der Waals surface area contributed by atoms with Gasteiger partial charge in [-0.25, -0.2) is 14.4 Å². The van der Waals surface area contributed by atoms with Crippen LogP contribution in [0.4, 0.5) is 0 Å². The van der Waals surface area contributed by atoms with Crippen LogP contribution in [0.2, 0.25) is 0 Å². The molecule has 88 valence electrons. The van der Waals surface area contributed by atoms with E-state index in [1.54, 1.807) is 13.8 Å². The summed E-state index contributed by atoms with van der Waals surface area (Å²) in [6.07, 6.45) is 0.303. The Morgan fingerprint density at radius 1 is 1.50 bits per heavy atom. The van der Waals surface area contributed by atoms with Crippen LogP contribution in [0, 0.1) is 0 Å². The van der Waals surface area contributed by atoms with Crippen molar-refractivity contribution in [3.05, 3.63) is 0 Å². The van der Waals surface area contributed by atoms with Gasteiger partial charge >= 0.3 is 17.8 Å². The van der Waals surface area contributed by atoms with E-state index in [0.717, 1.165) is 0 Å². The highest BCUT2D eigenvalue weighted by Crippen LogP contribution is 2.56. The number of amides is 2. The lowest BCUT2D eigenvalue weighted by Gasteiger charge is -2.43. The fraction of sp³-hybridized carbons (Fsp3) is 0.700. The first-order chi connectivity index (χ1) is 7.24. The molecule has 0 aromatic heterocycles. The second-order valence-corrected chi connectivity index (χ2v) is 6.64. The lowest BCUT2D eigenvalue weighted by atomic mass is 9.93. The highest BCUT2D eigenvalue weighted by Gasteiger charge is 2.75. The predicted molar refractivity (Wildman–Crippen MR) is 57.4 cm³/mol. The third-order valence-corrected chi connectivity index (χ3v) is 5.08. The van der Waals surface area contributed by atoms with E-state index in [0.29, 0.717) is 6.42 Å². The van der Waals surface area contributed by atoms with Crippen molar-refractivity contribution in [1.82, 2.24) is 0 Å². The van der Waals surface area contributed by atoms with E-state index < -0.39 is 21.2 Å². The van der Waals surface area contributed by atoms with Gasteiger partial charge < -0.3 is 5.11 Å². The number of hydrogen-bond acceptors (Lipinski definition) is 4. The Bertz CT molecular complexity index is 396. The molecule has 2 aliphatic rings. The van der Waals surface area contributed by atoms with Gasteiger partial charge in [0, 0.05) is 0 Å². The maximum atomic E-state index is 11.8. The molecule has 2 rings (SSSR count). The lowest BCUT2D eigenvalue weighted by molar-refractivity contribution is -0.829. The second kappa shape index (κ2) is 3.07. The molecule has 16 heavy (non-hydrogen) atoms. The van der Waals surface area contributed by atoms with Crippen LogP contribution in [0.25, 0.3) is 0 Å². The lowest BCUT2D eigenvalue weighted by Crippen LogP contribution is -2.74. The number of imide groups is 1. The molecule has 2 saturated heterocycles. The largest absolute Gasteiger partial charge is 0.477 e. The molecule has 3 atom stereocenters. The molecule has 2 fully saturated rings. The third kappa shape index (κ3) is 1.09. The minimum atomic E-state index is -1.07. The molecule has 1 unspecified atom stereocenters. The average molecular weight is 244 g/mol. The van der Waals surface area contributed by atoms with Gasteiger partial charge in [-0.3, -0.25) is 0 Å². The Hall–Kier alpha value is -0.880. The summed E-state index contributed by atoms with van der Waals surface area (Å²) < 4.78 is -1.08. The number of rotatable bonds is 1. The van der Waals surface area contributed by atoms with Gasteiger partial charge in [0.2, 0.25) is 6.04 Å². The standard InChI is InChI=1S/C10H13NO4S/c1-5(12)11-6(13)4-7(11)16-10(2,3)8(11)9(14)15/h7-8H,4H2,1-3H3/p+1/t7-,8+,11?/m1/s1. The summed E-state index contributed by atoms with van der Waals surface area (Å²) in [4.78, 5) is 34.8. The fourth-order valence-corrected chi connectivity index (χ4v) is 4.74. The van der Waals surface area contributed by atoms with Gasteiger partial charge in [0.25, 0.3) is 0 Å². The highest BCUT2D eigenvalue weighted by molar-refractivity contribution is 8.01. The quantitative estimate of drug-likeness (QED) is 0.540. The number of aliphatic carboxylic acids is 1. The van der Waals surface area contributed by atoms with Crippen molar-refractivity contribution in [2.45, 2.75) is 43.4 Å². The molecule has 0 saturated carbocycles. The molecule has 0 bridgehead atoms. The van der Waals surface area contributed by atoms with Gasteiger partial charge in [0.05, 0.1) is 11.7 Å². The van der Waals surface area contributed by atoms with Crippen LogP contribution in [-0.4, -0.2) is 43.5 Å². The van der Waals surface area contributed by atoms with Crippen molar-refractivity contribution in [3.8, 4) is 0 Å². The van der Waals surface area contributed by atoms with Crippen LogP contribution >= 0.6 is 11.8 Å². The SMILES string of the molecule is CC(=O)[N+]12C(=O)C[C@H]1SC(C)(C)[C@@H]2C(=O)O. The molecule has 6 heteroatoms. The topological polar surface area (TPSA) is 71.4 Å². The van der Waals surface area contributed by atoms with Gasteiger partial charge in [0.15, 0.2) is 5.37 Å². The molecule has 2 aliphatic heterocycles. The number of carbonyl (C=O) groups excluding carboxylic acids is 2. The van der Waals surface area contributed by atoms with E-state index in [4.69, 9.17) is 0 Å². The van der Waals surface area contributed by atoms with Crippen molar-refractivity contribution in [2.24, 2.45) is 0 Å². The normalized spacial score (nSPS) is 40.1. The Morgan fingerprint density at radius 3 is 2.38 bits per heavy atom. The Labute approximate surface area is 97.4 Å². The number of nitrogens with zero attached hydrogens (tertiary/aromatic N) is 1. The van der Waals surface area contributed by atoms with Crippen molar-refractivity contribution < 1.29 is 24.0 Å². The summed E-state index contributed by atoms with van der Waals surface area (Å²) in [7, 11) is 0. The Morgan fingerprint density at radius 2 is 2.06 bits per heavy atom. The molecule has 0 radical (unpaired) electrons. The smallest absolute Gasteiger partial charge is 0.365 e. The van der Waals surface area contributed by atoms with Gasteiger partial charge in [0.1, 0.15) is 6.42 Å². The third-order valence-electron chi connectivity index (χ3n) is 3.48. The molecule has 0 aliphatic carbocycles. The number of β-lactam (4-membered cyclic amide) rings is 1. The monoisotopic (exact) mass is 244 g/mol. The maximum Gasteiger partial charge on any atom is 0.365 e. The minimum Gasteiger partial charge on any atom is -0.477 e. The summed E-state index contributed by atoms with van der Waals surface area (Å²) in [5.74, 6) is -1.68. The van der Waals surface area contributed by atoms with E-state index in [1.807, 2.05) is 0 Å². The summed E-state index contributed by atoms with van der Waals surface area (Å²) in [6, 6.07) is -0.957. The summed E-state index contributed by atoms with van der Waals surface area (Å²) in [5.41, 5.74) is 0. The summed E-state index contributed by atoms with van der Waals surface area (Å²) in [5, 5.41) is 9.06. The Kier molecular flexibility index (Phi) is 2.23. The number of fused-ring (bicyclic) bond motifs is 1. The molecule has 1 N–H and O–H groups in total. The van der Waals surface area contributed by atoms with Crippen LogP contribution in [0.1, 0.15) is 27.2 Å². The predicted octanol–water partition coefficient (Wildman–Crippen LogP) is 0.585. The van der Waals surface area contributed by atoms with E-state index >= 15 is 0 Å². The van der Waals surface area contributed by atoms with Crippen LogP contribution in [-0.2, 0) is 14.4 Å². The Balaban J connectivity index is 2.56. The first-order valence-electron chi connectivity index (χ1n) is 5.08. The number of quaternary nitrogens is 1. The van der Waals surface area contributed by atoms with E-state index in [9.17, 15) is 19.5 Å². The zero-order valence-electron chi connectivity index (χ0n) is 9.39. The first-order valence-corrected chi connectivity index (χ1v) is 5.96.